The second kappa shape index (κ2) is 15.8. The third-order valence-electron chi connectivity index (χ3n) is 5.96. The molecule has 0 aliphatic carbocycles. The van der Waals surface area contributed by atoms with Gasteiger partial charge in [0.1, 0.15) is 5.69 Å². The van der Waals surface area contributed by atoms with Gasteiger partial charge in [0.15, 0.2) is 5.65 Å². The van der Waals surface area contributed by atoms with Crippen LogP contribution in [0.25, 0.3) is 16.9 Å². The van der Waals surface area contributed by atoms with Crippen LogP contribution in [0, 0.1) is 0 Å². The van der Waals surface area contributed by atoms with Gasteiger partial charge in [-0.15, -0.1) is 0 Å². The largest absolute Gasteiger partial charge is 0.493 e. The molecule has 0 unspecified atom stereocenters. The van der Waals surface area contributed by atoms with E-state index < -0.39 is 5.97 Å². The molecule has 0 saturated carbocycles. The number of nitrogens with zero attached hydrogens (tertiary/aromatic N) is 3. The molecule has 2 heterocycles. The second-order valence-corrected chi connectivity index (χ2v) is 8.83. The normalized spacial score (nSPS) is 10.3. The molecule has 0 atom stereocenters. The first-order valence-electron chi connectivity index (χ1n) is 13.5. The van der Waals surface area contributed by atoms with Crippen molar-refractivity contribution >= 4 is 11.6 Å². The van der Waals surface area contributed by atoms with Crippen LogP contribution < -0.4 is 0 Å². The van der Waals surface area contributed by atoms with E-state index >= 15 is 0 Å². The Morgan fingerprint density at radius 3 is 1.85 bits per heavy atom. The van der Waals surface area contributed by atoms with Crippen molar-refractivity contribution < 1.29 is 19.7 Å². The van der Waals surface area contributed by atoms with Crippen LogP contribution in [0.1, 0.15) is 49.2 Å². The molecule has 0 aliphatic heterocycles. The average molecular weight is 540 g/mol. The highest BCUT2D eigenvalue weighted by Crippen LogP contribution is 2.28. The van der Waals surface area contributed by atoms with E-state index in [2.05, 4.69) is 16.9 Å². The van der Waals surface area contributed by atoms with Gasteiger partial charge < -0.3 is 14.9 Å². The lowest BCUT2D eigenvalue weighted by Gasteiger charge is -2.08. The number of aromatic hydroxyl groups is 1. The minimum absolute atomic E-state index is 0.169. The monoisotopic (exact) mass is 539 g/mol. The summed E-state index contributed by atoms with van der Waals surface area (Å²) < 4.78 is 6.40. The SMILES string of the molecule is CC.COCCCC(=O)O.Oc1c(Cc2ccccc2)nc2c(Cc3ccccc3)nc(-c3ccccc3)cn12. The molecule has 0 spiro atoms. The number of fused-ring (bicyclic) bond motifs is 1. The summed E-state index contributed by atoms with van der Waals surface area (Å²) in [5, 5.41) is 19.1. The lowest BCUT2D eigenvalue weighted by Crippen LogP contribution is -2.00. The highest BCUT2D eigenvalue weighted by molar-refractivity contribution is 5.66. The summed E-state index contributed by atoms with van der Waals surface area (Å²) in [5.74, 6) is -0.593. The molecule has 7 heteroatoms. The molecule has 0 radical (unpaired) electrons. The van der Waals surface area contributed by atoms with Crippen molar-refractivity contribution in [2.45, 2.75) is 39.5 Å². The number of rotatable bonds is 9. The highest BCUT2D eigenvalue weighted by Gasteiger charge is 2.18. The first-order chi connectivity index (χ1) is 19.5. The summed E-state index contributed by atoms with van der Waals surface area (Å²) >= 11 is 0. The lowest BCUT2D eigenvalue weighted by molar-refractivity contribution is -0.137. The van der Waals surface area contributed by atoms with Crippen LogP contribution in [0.15, 0.2) is 97.2 Å². The Morgan fingerprint density at radius 1 is 0.800 bits per heavy atom. The number of carboxylic acids is 1. The molecule has 208 valence electrons. The Morgan fingerprint density at radius 2 is 1.32 bits per heavy atom. The Balaban J connectivity index is 0.000000383. The van der Waals surface area contributed by atoms with Crippen LogP contribution in [0.4, 0.5) is 0 Å². The van der Waals surface area contributed by atoms with Crippen LogP contribution in [0.5, 0.6) is 5.88 Å². The van der Waals surface area contributed by atoms with Crippen LogP contribution in [0.2, 0.25) is 0 Å². The molecule has 0 amide bonds. The Bertz CT molecular complexity index is 1450. The van der Waals surface area contributed by atoms with Crippen LogP contribution in [0.3, 0.4) is 0 Å². The van der Waals surface area contributed by atoms with Gasteiger partial charge in [-0.05, 0) is 17.5 Å². The van der Waals surface area contributed by atoms with Crippen molar-refractivity contribution in [2.75, 3.05) is 13.7 Å². The van der Waals surface area contributed by atoms with Gasteiger partial charge in [0.05, 0.1) is 11.4 Å². The number of carbonyl (C=O) groups is 1. The smallest absolute Gasteiger partial charge is 0.303 e. The van der Waals surface area contributed by atoms with Gasteiger partial charge in [0.2, 0.25) is 5.88 Å². The average Bonchev–Trinajstić information content (AvgIpc) is 3.31. The topological polar surface area (TPSA) is 97.0 Å². The number of benzene rings is 3. The van der Waals surface area contributed by atoms with Gasteiger partial charge in [-0.2, -0.15) is 0 Å². The molecule has 5 aromatic rings. The second-order valence-electron chi connectivity index (χ2n) is 8.83. The molecule has 2 N–H and O–H groups in total. The molecule has 40 heavy (non-hydrogen) atoms. The van der Waals surface area contributed by atoms with Gasteiger partial charge in [0.25, 0.3) is 0 Å². The summed E-state index contributed by atoms with van der Waals surface area (Å²) in [7, 11) is 1.56. The number of aliphatic carboxylic acids is 1. The number of ether oxygens (including phenoxy) is 1. The van der Waals surface area contributed by atoms with Crippen molar-refractivity contribution in [3.05, 3.63) is 120 Å². The summed E-state index contributed by atoms with van der Waals surface area (Å²) in [6, 6.07) is 30.3. The number of hydrogen-bond acceptors (Lipinski definition) is 5. The number of hydrogen-bond donors (Lipinski definition) is 2. The Hall–Kier alpha value is -4.49. The minimum Gasteiger partial charge on any atom is -0.493 e. The zero-order valence-electron chi connectivity index (χ0n) is 23.3. The maximum absolute atomic E-state index is 11.0. The maximum Gasteiger partial charge on any atom is 0.303 e. The predicted octanol–water partition coefficient (Wildman–Crippen LogP) is 6.81. The van der Waals surface area contributed by atoms with Gasteiger partial charge in [-0.3, -0.25) is 9.20 Å². The molecule has 2 aromatic heterocycles. The highest BCUT2D eigenvalue weighted by atomic mass is 16.5. The van der Waals surface area contributed by atoms with Crippen LogP contribution >= 0.6 is 0 Å². The van der Waals surface area contributed by atoms with E-state index in [0.717, 1.165) is 28.1 Å². The van der Waals surface area contributed by atoms with Crippen molar-refractivity contribution in [2.24, 2.45) is 0 Å². The third-order valence-corrected chi connectivity index (χ3v) is 5.96. The zero-order valence-corrected chi connectivity index (χ0v) is 23.3. The molecule has 0 fully saturated rings. The molecule has 0 aliphatic rings. The minimum atomic E-state index is -0.762. The number of carboxylic acid groups (broad SMARTS) is 1. The summed E-state index contributed by atoms with van der Waals surface area (Å²) in [6.45, 7) is 4.53. The van der Waals surface area contributed by atoms with Crippen molar-refractivity contribution in [3.8, 4) is 17.1 Å². The van der Waals surface area contributed by atoms with E-state index in [4.69, 9.17) is 15.1 Å². The Kier molecular flexibility index (Phi) is 11.9. The number of methoxy groups -OCH3 is 1. The van der Waals surface area contributed by atoms with Gasteiger partial charge >= 0.3 is 5.97 Å². The number of imidazole rings is 1. The first kappa shape index (κ1) is 30.1. The molecule has 5 rings (SSSR count). The van der Waals surface area contributed by atoms with Crippen molar-refractivity contribution in [1.82, 2.24) is 14.4 Å². The molecule has 0 saturated heterocycles. The summed E-state index contributed by atoms with van der Waals surface area (Å²) in [5.41, 5.74) is 6.28. The fraction of sp³-hybridized carbons (Fsp3) is 0.242. The fourth-order valence-corrected chi connectivity index (χ4v) is 4.07. The number of aromatic nitrogens is 3. The lowest BCUT2D eigenvalue weighted by atomic mass is 10.1. The summed E-state index contributed by atoms with van der Waals surface area (Å²) in [6.07, 6.45) is 3.89. The molecule has 3 aromatic carbocycles. The van der Waals surface area contributed by atoms with E-state index in [9.17, 15) is 9.90 Å². The maximum atomic E-state index is 11.0. The van der Waals surface area contributed by atoms with Gasteiger partial charge in [-0.25, -0.2) is 9.97 Å². The van der Waals surface area contributed by atoms with Crippen molar-refractivity contribution in [3.63, 3.8) is 0 Å². The van der Waals surface area contributed by atoms with Gasteiger partial charge in [-0.1, -0.05) is 105 Å². The van der Waals surface area contributed by atoms with Crippen LogP contribution in [-0.4, -0.2) is 44.3 Å². The zero-order chi connectivity index (χ0) is 28.7. The predicted molar refractivity (Wildman–Crippen MR) is 159 cm³/mol. The van der Waals surface area contributed by atoms with E-state index in [1.807, 2.05) is 98.9 Å². The van der Waals surface area contributed by atoms with E-state index in [1.165, 1.54) is 0 Å². The van der Waals surface area contributed by atoms with E-state index in [0.29, 0.717) is 37.2 Å². The summed E-state index contributed by atoms with van der Waals surface area (Å²) in [4.78, 5) is 19.5. The van der Waals surface area contributed by atoms with Crippen molar-refractivity contribution in [1.29, 1.82) is 0 Å². The van der Waals surface area contributed by atoms with E-state index in [-0.39, 0.29) is 12.3 Å². The molecular weight excluding hydrogens is 502 g/mol. The molecule has 7 nitrogen and oxygen atoms in total. The quantitative estimate of drug-likeness (QED) is 0.200. The standard InChI is InChI=1S/C26H21N3O.C5H10O3.C2H6/c30-26-23(17-20-12-6-2-7-13-20)28-25-22(16-19-10-4-1-5-11-19)27-24(18-29(25)26)21-14-8-3-9-15-21;1-8-4-2-3-5(6)7;1-2/h1-15,18,30H,16-17H2;2-4H2,1H3,(H,6,7);1-2H3. The fourth-order valence-electron chi connectivity index (χ4n) is 4.07. The first-order valence-corrected chi connectivity index (χ1v) is 13.5. The third kappa shape index (κ3) is 8.51. The van der Waals surface area contributed by atoms with Crippen LogP contribution in [-0.2, 0) is 22.4 Å². The molecule has 0 bridgehead atoms. The Labute approximate surface area is 235 Å². The van der Waals surface area contributed by atoms with E-state index in [1.54, 1.807) is 11.5 Å². The molecular formula is C33H37N3O4. The van der Waals surface area contributed by atoms with Gasteiger partial charge in [0, 0.05) is 44.7 Å².